The molecule has 0 spiro atoms. The van der Waals surface area contributed by atoms with Gasteiger partial charge < -0.3 is 15.8 Å². The van der Waals surface area contributed by atoms with E-state index in [1.54, 1.807) is 6.92 Å². The number of aliphatic imine (C=N–C) groups is 1. The van der Waals surface area contributed by atoms with E-state index in [9.17, 15) is 4.79 Å². The molecule has 12 heteroatoms. The Balaban J connectivity index is 1.49. The van der Waals surface area contributed by atoms with Gasteiger partial charge in [-0.1, -0.05) is 32.5 Å². The summed E-state index contributed by atoms with van der Waals surface area (Å²) in [6.07, 6.45) is -0.802. The highest BCUT2D eigenvalue weighted by Gasteiger charge is 2.68. The lowest BCUT2D eigenvalue weighted by Crippen LogP contribution is -2.68. The van der Waals surface area contributed by atoms with E-state index in [1.807, 2.05) is 0 Å². The van der Waals surface area contributed by atoms with E-state index in [0.29, 0.717) is 5.75 Å². The molecule has 40 heavy (non-hydrogen) atoms. The van der Waals surface area contributed by atoms with E-state index >= 15 is 17.6 Å². The Kier molecular flexibility index (Phi) is 7.62. The molecule has 1 aromatic carbocycles. The zero-order valence-corrected chi connectivity index (χ0v) is 23.4. The molecule has 0 radical (unpaired) electrons. The number of aromatic nitrogens is 2. The fraction of sp³-hybridized carbons (Fsp3) is 0.571. The number of carbonyl (C=O) groups excluding carboxylic acids is 1. The fourth-order valence-electron chi connectivity index (χ4n) is 6.59. The first-order chi connectivity index (χ1) is 18.9. The van der Waals surface area contributed by atoms with E-state index < -0.39 is 52.7 Å². The van der Waals surface area contributed by atoms with Crippen molar-refractivity contribution < 1.29 is 27.1 Å². The Morgan fingerprint density at radius 3 is 2.73 bits per heavy atom. The molecule has 2 aromatic rings. The first-order valence-electron chi connectivity index (χ1n) is 13.4. The van der Waals surface area contributed by atoms with Crippen LogP contribution in [0.15, 0.2) is 41.8 Å². The average Bonchev–Trinajstić information content (AvgIpc) is 2.92. The van der Waals surface area contributed by atoms with Crippen LogP contribution in [0.3, 0.4) is 0 Å². The van der Waals surface area contributed by atoms with Crippen LogP contribution in [0.5, 0.6) is 0 Å². The van der Waals surface area contributed by atoms with Crippen molar-refractivity contribution in [3.63, 3.8) is 0 Å². The topological polar surface area (TPSA) is 102 Å². The van der Waals surface area contributed by atoms with E-state index in [4.69, 9.17) is 10.5 Å². The summed E-state index contributed by atoms with van der Waals surface area (Å²) in [5, 5.41) is 2.90. The summed E-state index contributed by atoms with van der Waals surface area (Å²) in [6, 6.07) is 5.50. The third-order valence-electron chi connectivity index (χ3n) is 8.62. The summed E-state index contributed by atoms with van der Waals surface area (Å²) in [4.78, 5) is 25.0. The second kappa shape index (κ2) is 10.6. The van der Waals surface area contributed by atoms with Gasteiger partial charge in [0, 0.05) is 29.1 Å². The van der Waals surface area contributed by atoms with Gasteiger partial charge in [-0.05, 0) is 55.4 Å². The summed E-state index contributed by atoms with van der Waals surface area (Å²) in [5.74, 6) is -2.56. The number of benzene rings is 1. The third-order valence-corrected chi connectivity index (χ3v) is 9.58. The number of thioether (sulfide) groups is 1. The maximum absolute atomic E-state index is 16.9. The molecular weight excluding hydrogens is 546 g/mol. The number of fused-ring (bicyclic) bond motifs is 1. The number of ether oxygens (including phenoxy) is 1. The van der Waals surface area contributed by atoms with Crippen molar-refractivity contribution in [2.45, 2.75) is 69.2 Å². The summed E-state index contributed by atoms with van der Waals surface area (Å²) < 4.78 is 70.1. The molecule has 3 heterocycles. The Labute approximate surface area is 234 Å². The van der Waals surface area contributed by atoms with E-state index in [2.05, 4.69) is 20.3 Å². The quantitative estimate of drug-likeness (QED) is 0.462. The van der Waals surface area contributed by atoms with Crippen LogP contribution in [0.4, 0.5) is 23.2 Å². The highest BCUT2D eigenvalue weighted by atomic mass is 32.2. The monoisotopic (exact) mass is 579 g/mol. The van der Waals surface area contributed by atoms with Crippen molar-refractivity contribution in [2.75, 3.05) is 17.7 Å². The summed E-state index contributed by atoms with van der Waals surface area (Å²) in [5.41, 5.74) is -0.0244. The van der Waals surface area contributed by atoms with Crippen molar-refractivity contribution in [3.8, 4) is 0 Å². The fourth-order valence-corrected chi connectivity index (χ4v) is 7.61. The van der Waals surface area contributed by atoms with Crippen LogP contribution in [0.2, 0.25) is 0 Å². The van der Waals surface area contributed by atoms with E-state index in [1.165, 1.54) is 62.4 Å². The van der Waals surface area contributed by atoms with Gasteiger partial charge in [-0.25, -0.2) is 32.5 Å². The predicted octanol–water partition coefficient (Wildman–Crippen LogP) is 5.37. The minimum absolute atomic E-state index is 0.00489. The molecule has 7 nitrogen and oxygen atoms in total. The number of anilines is 1. The average molecular weight is 580 g/mol. The molecule has 4 unspecified atom stereocenters. The van der Waals surface area contributed by atoms with Crippen LogP contribution in [0.1, 0.15) is 56.1 Å². The second-order valence-electron chi connectivity index (χ2n) is 11.5. The molecule has 5 rings (SSSR count). The largest absolute Gasteiger partial charge is 0.379 e. The number of nitrogens with one attached hydrogen (secondary N) is 1. The van der Waals surface area contributed by atoms with Gasteiger partial charge in [0.2, 0.25) is 0 Å². The van der Waals surface area contributed by atoms with Crippen molar-refractivity contribution in [3.05, 3.63) is 53.9 Å². The predicted molar refractivity (Wildman–Crippen MR) is 146 cm³/mol. The number of amidine groups is 1. The van der Waals surface area contributed by atoms with Crippen molar-refractivity contribution in [1.29, 1.82) is 0 Å². The van der Waals surface area contributed by atoms with Gasteiger partial charge in [0.25, 0.3) is 5.91 Å². The minimum Gasteiger partial charge on any atom is -0.379 e. The maximum atomic E-state index is 16.9. The van der Waals surface area contributed by atoms with Gasteiger partial charge in [-0.2, -0.15) is 0 Å². The Hall–Kier alpha value is -2.73. The minimum atomic E-state index is -2.73. The molecule has 1 aliphatic carbocycles. The standard InChI is InChI=1S/C28H33F4N5O2S/c1-15(2)28(32)22(30)8-16(3)11-27(28,31)23-9-17-12-40-25(33)37-26(17,13-39-23)19-10-18(4-5-20(19)29)36-24(38)21-6-7-34-14-35-21/h4-7,10,14-17,22-23H,8-9,11-13H2,1-3H3,(H2,33,37)(H,36,38)/t16?,17-,22?,23+,26-,27?,28?/m0/s1. The highest BCUT2D eigenvalue weighted by Crippen LogP contribution is 2.57. The van der Waals surface area contributed by atoms with Gasteiger partial charge in [0.05, 0.1) is 12.7 Å². The summed E-state index contributed by atoms with van der Waals surface area (Å²) in [7, 11) is 0. The van der Waals surface area contributed by atoms with Gasteiger partial charge >= 0.3 is 0 Å². The number of amides is 1. The number of rotatable bonds is 5. The molecule has 7 atom stereocenters. The smallest absolute Gasteiger partial charge is 0.274 e. The zero-order chi connectivity index (χ0) is 28.9. The SMILES string of the molecule is CC1CC(F)C(F)(C(C)C)C(F)([C@H]2C[C@H]3CSC(N)=N[C@@]3(c3cc(NC(=O)c4ccncn4)ccc3F)CO2)C1. The lowest BCUT2D eigenvalue weighted by Gasteiger charge is -2.55. The maximum Gasteiger partial charge on any atom is 0.274 e. The van der Waals surface area contributed by atoms with Crippen molar-refractivity contribution in [1.82, 2.24) is 9.97 Å². The number of nitrogens with zero attached hydrogens (tertiary/aromatic N) is 3. The summed E-state index contributed by atoms with van der Waals surface area (Å²) >= 11 is 1.25. The van der Waals surface area contributed by atoms with Crippen molar-refractivity contribution >= 4 is 28.5 Å². The lowest BCUT2D eigenvalue weighted by atomic mass is 9.60. The van der Waals surface area contributed by atoms with Crippen LogP contribution < -0.4 is 11.1 Å². The Morgan fingerprint density at radius 2 is 2.02 bits per heavy atom. The number of hydrogen-bond acceptors (Lipinski definition) is 7. The van der Waals surface area contributed by atoms with Crippen LogP contribution in [0, 0.1) is 23.6 Å². The number of carbonyl (C=O) groups is 1. The van der Waals surface area contributed by atoms with Crippen LogP contribution in [-0.4, -0.2) is 57.0 Å². The zero-order valence-electron chi connectivity index (χ0n) is 22.5. The first-order valence-corrected chi connectivity index (χ1v) is 14.4. The molecule has 1 saturated heterocycles. The number of alkyl halides is 3. The first kappa shape index (κ1) is 28.8. The molecule has 0 bridgehead atoms. The lowest BCUT2D eigenvalue weighted by molar-refractivity contribution is -0.230. The molecule has 1 saturated carbocycles. The molecule has 3 N–H and O–H groups in total. The molecule has 216 valence electrons. The van der Waals surface area contributed by atoms with E-state index in [-0.39, 0.29) is 53.9 Å². The van der Waals surface area contributed by atoms with Crippen LogP contribution >= 0.6 is 11.8 Å². The Morgan fingerprint density at radius 1 is 1.25 bits per heavy atom. The number of hydrogen-bond donors (Lipinski definition) is 2. The van der Waals surface area contributed by atoms with Gasteiger partial charge in [-0.15, -0.1) is 0 Å². The molecule has 1 amide bonds. The van der Waals surface area contributed by atoms with Crippen molar-refractivity contribution in [2.24, 2.45) is 28.5 Å². The second-order valence-corrected chi connectivity index (χ2v) is 12.5. The number of halogens is 4. The number of nitrogens with two attached hydrogens (primary N) is 1. The summed E-state index contributed by atoms with van der Waals surface area (Å²) in [6.45, 7) is 4.41. The molecule has 3 aliphatic rings. The molecule has 1 aromatic heterocycles. The van der Waals surface area contributed by atoms with Gasteiger partial charge in [0.15, 0.2) is 16.5 Å². The normalized spacial score (nSPS) is 36.0. The molecule has 2 aliphatic heterocycles. The molecular formula is C28H33F4N5O2S. The van der Waals surface area contributed by atoms with E-state index in [0.717, 1.165) is 0 Å². The van der Waals surface area contributed by atoms with Gasteiger partial charge in [-0.3, -0.25) is 4.79 Å². The third kappa shape index (κ3) is 4.66. The highest BCUT2D eigenvalue weighted by molar-refractivity contribution is 8.13. The Bertz CT molecular complexity index is 1300. The van der Waals surface area contributed by atoms with Crippen LogP contribution in [0.25, 0.3) is 0 Å². The van der Waals surface area contributed by atoms with Crippen LogP contribution in [-0.2, 0) is 10.3 Å². The van der Waals surface area contributed by atoms with Gasteiger partial charge in [0.1, 0.15) is 29.5 Å². The molecule has 2 fully saturated rings.